The Bertz CT molecular complexity index is 486. The molecule has 2 unspecified atom stereocenters. The van der Waals surface area contributed by atoms with Gasteiger partial charge >= 0.3 is 5.97 Å². The number of aliphatic carboxylic acids is 1. The van der Waals surface area contributed by atoms with Crippen LogP contribution in [0.5, 0.6) is 0 Å². The molecule has 4 nitrogen and oxygen atoms in total. The van der Waals surface area contributed by atoms with E-state index in [0.29, 0.717) is 13.0 Å². The van der Waals surface area contributed by atoms with Crippen molar-refractivity contribution in [1.82, 2.24) is 0 Å². The number of rotatable bonds is 5. The first kappa shape index (κ1) is 15.0. The van der Waals surface area contributed by atoms with Crippen molar-refractivity contribution >= 4 is 5.97 Å². The van der Waals surface area contributed by atoms with Gasteiger partial charge in [-0.2, -0.15) is 0 Å². The number of carbonyl (C=O) groups is 1. The number of nitrogens with two attached hydrogens (primary N) is 1. The van der Waals surface area contributed by atoms with Crippen LogP contribution in [-0.4, -0.2) is 24.2 Å². The van der Waals surface area contributed by atoms with Gasteiger partial charge in [0.2, 0.25) is 0 Å². The summed E-state index contributed by atoms with van der Waals surface area (Å²) in [5.74, 6) is -0.871. The molecule has 0 spiro atoms. The lowest BCUT2D eigenvalue weighted by atomic mass is 9.71. The standard InChI is InChI=1S/C16H23NO3/c1-11(2)16(10-17,15(18)19)9-14-13-6-4-3-5-12(13)7-8-20-14/h3-6,11,14H,7-10,17H2,1-2H3,(H,18,19). The molecule has 0 aliphatic carbocycles. The van der Waals surface area contributed by atoms with Crippen molar-refractivity contribution in [2.75, 3.05) is 13.2 Å². The number of hydrogen-bond donors (Lipinski definition) is 2. The normalized spacial score (nSPS) is 21.3. The van der Waals surface area contributed by atoms with E-state index in [0.717, 1.165) is 12.0 Å². The summed E-state index contributed by atoms with van der Waals surface area (Å²) in [6.07, 6.45) is 1.13. The van der Waals surface area contributed by atoms with Crippen molar-refractivity contribution in [2.24, 2.45) is 17.1 Å². The average molecular weight is 277 g/mol. The van der Waals surface area contributed by atoms with Crippen LogP contribution < -0.4 is 5.73 Å². The molecular weight excluding hydrogens is 254 g/mol. The van der Waals surface area contributed by atoms with Crippen LogP contribution in [0.25, 0.3) is 0 Å². The van der Waals surface area contributed by atoms with E-state index in [1.807, 2.05) is 32.0 Å². The third-order valence-electron chi connectivity index (χ3n) is 4.54. The first-order chi connectivity index (χ1) is 9.51. The molecule has 110 valence electrons. The predicted octanol–water partition coefficient (Wildman–Crippen LogP) is 2.38. The summed E-state index contributed by atoms with van der Waals surface area (Å²) in [5.41, 5.74) is 7.24. The van der Waals surface area contributed by atoms with Crippen LogP contribution in [-0.2, 0) is 16.0 Å². The summed E-state index contributed by atoms with van der Waals surface area (Å²) in [6, 6.07) is 8.10. The minimum Gasteiger partial charge on any atom is -0.481 e. The van der Waals surface area contributed by atoms with Gasteiger partial charge in [-0.1, -0.05) is 38.1 Å². The second kappa shape index (κ2) is 5.94. The van der Waals surface area contributed by atoms with Crippen molar-refractivity contribution in [3.05, 3.63) is 35.4 Å². The SMILES string of the molecule is CC(C)C(CN)(CC1OCCc2ccccc21)C(=O)O. The molecule has 1 aromatic carbocycles. The Balaban J connectivity index is 2.31. The fourth-order valence-electron chi connectivity index (χ4n) is 2.95. The van der Waals surface area contributed by atoms with Crippen LogP contribution in [0.3, 0.4) is 0 Å². The number of carboxylic acids is 1. The van der Waals surface area contributed by atoms with Crippen LogP contribution in [0.1, 0.15) is 37.5 Å². The first-order valence-corrected chi connectivity index (χ1v) is 7.14. The van der Waals surface area contributed by atoms with Crippen LogP contribution in [0, 0.1) is 11.3 Å². The van der Waals surface area contributed by atoms with Gasteiger partial charge in [0.1, 0.15) is 0 Å². The Kier molecular flexibility index (Phi) is 4.45. The summed E-state index contributed by atoms with van der Waals surface area (Å²) in [5, 5.41) is 9.64. The highest BCUT2D eigenvalue weighted by molar-refractivity contribution is 5.75. The molecule has 0 saturated heterocycles. The molecule has 1 aromatic rings. The van der Waals surface area contributed by atoms with E-state index in [1.165, 1.54) is 5.56 Å². The van der Waals surface area contributed by atoms with Crippen molar-refractivity contribution in [3.8, 4) is 0 Å². The maximum Gasteiger partial charge on any atom is 0.311 e. The number of hydrogen-bond acceptors (Lipinski definition) is 3. The third kappa shape index (κ3) is 2.58. The highest BCUT2D eigenvalue weighted by Crippen LogP contribution is 2.40. The topological polar surface area (TPSA) is 72.5 Å². The van der Waals surface area contributed by atoms with E-state index in [-0.39, 0.29) is 18.6 Å². The Morgan fingerprint density at radius 2 is 2.20 bits per heavy atom. The minimum atomic E-state index is -0.935. The van der Waals surface area contributed by atoms with Gasteiger partial charge in [-0.05, 0) is 29.9 Å². The zero-order valence-corrected chi connectivity index (χ0v) is 12.1. The van der Waals surface area contributed by atoms with E-state index in [1.54, 1.807) is 0 Å². The monoisotopic (exact) mass is 277 g/mol. The fourth-order valence-corrected chi connectivity index (χ4v) is 2.95. The quantitative estimate of drug-likeness (QED) is 0.866. The van der Waals surface area contributed by atoms with Gasteiger partial charge in [0, 0.05) is 6.54 Å². The van der Waals surface area contributed by atoms with E-state index in [4.69, 9.17) is 10.5 Å². The van der Waals surface area contributed by atoms with Gasteiger partial charge in [0.15, 0.2) is 0 Å². The molecule has 20 heavy (non-hydrogen) atoms. The molecule has 3 N–H and O–H groups in total. The molecule has 4 heteroatoms. The third-order valence-corrected chi connectivity index (χ3v) is 4.54. The lowest BCUT2D eigenvalue weighted by Crippen LogP contribution is -2.45. The van der Waals surface area contributed by atoms with Crippen molar-refractivity contribution in [2.45, 2.75) is 32.8 Å². The molecule has 2 rings (SSSR count). The number of ether oxygens (including phenoxy) is 1. The lowest BCUT2D eigenvalue weighted by Gasteiger charge is -2.37. The average Bonchev–Trinajstić information content (AvgIpc) is 2.44. The van der Waals surface area contributed by atoms with Crippen LogP contribution in [0.2, 0.25) is 0 Å². The number of fused-ring (bicyclic) bond motifs is 1. The molecule has 0 amide bonds. The molecule has 0 fully saturated rings. The highest BCUT2D eigenvalue weighted by Gasteiger charge is 2.43. The predicted molar refractivity (Wildman–Crippen MR) is 77.4 cm³/mol. The Morgan fingerprint density at radius 1 is 1.50 bits per heavy atom. The van der Waals surface area contributed by atoms with Gasteiger partial charge < -0.3 is 15.6 Å². The number of benzene rings is 1. The van der Waals surface area contributed by atoms with Gasteiger partial charge in [-0.3, -0.25) is 4.79 Å². The maximum absolute atomic E-state index is 11.7. The van der Waals surface area contributed by atoms with Gasteiger partial charge in [-0.15, -0.1) is 0 Å². The van der Waals surface area contributed by atoms with Crippen molar-refractivity contribution < 1.29 is 14.6 Å². The summed E-state index contributed by atoms with van der Waals surface area (Å²) in [6.45, 7) is 4.59. The summed E-state index contributed by atoms with van der Waals surface area (Å²) < 4.78 is 5.84. The summed E-state index contributed by atoms with van der Waals surface area (Å²) in [4.78, 5) is 11.7. The van der Waals surface area contributed by atoms with Crippen LogP contribution >= 0.6 is 0 Å². The fraction of sp³-hybridized carbons (Fsp3) is 0.562. The van der Waals surface area contributed by atoms with E-state index < -0.39 is 11.4 Å². The highest BCUT2D eigenvalue weighted by atomic mass is 16.5. The zero-order chi connectivity index (χ0) is 14.8. The molecular formula is C16H23NO3. The minimum absolute atomic E-state index is 0.0392. The van der Waals surface area contributed by atoms with E-state index in [2.05, 4.69) is 6.07 Å². The second-order valence-corrected chi connectivity index (χ2v) is 5.83. The summed E-state index contributed by atoms with van der Waals surface area (Å²) in [7, 11) is 0. The maximum atomic E-state index is 11.7. The summed E-state index contributed by atoms with van der Waals surface area (Å²) >= 11 is 0. The van der Waals surface area contributed by atoms with E-state index in [9.17, 15) is 9.90 Å². The van der Waals surface area contributed by atoms with Crippen LogP contribution in [0.15, 0.2) is 24.3 Å². The van der Waals surface area contributed by atoms with E-state index >= 15 is 0 Å². The Hall–Kier alpha value is -1.39. The molecule has 0 saturated carbocycles. The van der Waals surface area contributed by atoms with Gasteiger partial charge in [0.05, 0.1) is 18.1 Å². The van der Waals surface area contributed by atoms with Gasteiger partial charge in [0.25, 0.3) is 0 Å². The van der Waals surface area contributed by atoms with Gasteiger partial charge in [-0.25, -0.2) is 0 Å². The largest absolute Gasteiger partial charge is 0.481 e. The first-order valence-electron chi connectivity index (χ1n) is 7.14. The zero-order valence-electron chi connectivity index (χ0n) is 12.1. The Morgan fingerprint density at radius 3 is 2.80 bits per heavy atom. The molecule has 1 aliphatic rings. The lowest BCUT2D eigenvalue weighted by molar-refractivity contribution is -0.154. The second-order valence-electron chi connectivity index (χ2n) is 5.83. The molecule has 0 radical (unpaired) electrons. The number of carboxylic acid groups (broad SMARTS) is 1. The van der Waals surface area contributed by atoms with Crippen LogP contribution in [0.4, 0.5) is 0 Å². The smallest absolute Gasteiger partial charge is 0.311 e. The molecule has 1 heterocycles. The Labute approximate surface area is 119 Å². The molecule has 2 atom stereocenters. The molecule has 0 aromatic heterocycles. The molecule has 0 bridgehead atoms. The van der Waals surface area contributed by atoms with Crippen molar-refractivity contribution in [3.63, 3.8) is 0 Å². The van der Waals surface area contributed by atoms with Crippen molar-refractivity contribution in [1.29, 1.82) is 0 Å². The molecule has 1 aliphatic heterocycles.